The predicted molar refractivity (Wildman–Crippen MR) is 102 cm³/mol. The third kappa shape index (κ3) is 3.34. The van der Waals surface area contributed by atoms with Crippen molar-refractivity contribution in [2.24, 2.45) is 0 Å². The number of hydrogen-bond donors (Lipinski definition) is 1. The van der Waals surface area contributed by atoms with E-state index >= 15 is 0 Å². The number of nitro groups is 1. The van der Waals surface area contributed by atoms with E-state index in [1.54, 1.807) is 24.3 Å². The lowest BCUT2D eigenvalue weighted by Gasteiger charge is -2.10. The van der Waals surface area contributed by atoms with E-state index in [0.717, 1.165) is 16.2 Å². The first-order valence-electron chi connectivity index (χ1n) is 8.28. The fourth-order valence-corrected chi connectivity index (χ4v) is 3.60. The van der Waals surface area contributed by atoms with Gasteiger partial charge in [-0.3, -0.25) is 34.7 Å². The molecule has 11 heteroatoms. The quantitative estimate of drug-likeness (QED) is 0.388. The molecule has 0 saturated heterocycles. The molecule has 0 radical (unpaired) electrons. The normalized spacial score (nSPS) is 12.8. The highest BCUT2D eigenvalue weighted by Gasteiger charge is 2.35. The molecule has 0 fully saturated rings. The van der Waals surface area contributed by atoms with Crippen molar-refractivity contribution in [3.63, 3.8) is 0 Å². The van der Waals surface area contributed by atoms with E-state index in [1.807, 2.05) is 0 Å². The lowest BCUT2D eigenvalue weighted by molar-refractivity contribution is -0.385. The van der Waals surface area contributed by atoms with E-state index in [0.29, 0.717) is 16.1 Å². The number of amides is 3. The van der Waals surface area contributed by atoms with Gasteiger partial charge in [-0.05, 0) is 18.2 Å². The van der Waals surface area contributed by atoms with Crippen LogP contribution in [-0.2, 0) is 6.54 Å². The summed E-state index contributed by atoms with van der Waals surface area (Å²) in [5.74, 6) is -1.56. The molecular formula is C18H11N5O5S. The van der Waals surface area contributed by atoms with Gasteiger partial charge in [-0.15, -0.1) is 10.2 Å². The highest BCUT2D eigenvalue weighted by molar-refractivity contribution is 7.15. The van der Waals surface area contributed by atoms with E-state index < -0.39 is 22.6 Å². The Kier molecular flexibility index (Phi) is 4.56. The molecule has 144 valence electrons. The van der Waals surface area contributed by atoms with Crippen molar-refractivity contribution in [1.29, 1.82) is 0 Å². The van der Waals surface area contributed by atoms with Gasteiger partial charge in [0.25, 0.3) is 23.4 Å². The number of fused-ring (bicyclic) bond motifs is 1. The van der Waals surface area contributed by atoms with Crippen LogP contribution in [0, 0.1) is 10.1 Å². The highest BCUT2D eigenvalue weighted by atomic mass is 32.1. The Morgan fingerprint density at radius 1 is 1.03 bits per heavy atom. The molecule has 0 saturated carbocycles. The number of hydrogen-bond acceptors (Lipinski definition) is 8. The minimum atomic E-state index is -0.708. The van der Waals surface area contributed by atoms with Gasteiger partial charge < -0.3 is 0 Å². The molecule has 0 spiro atoms. The van der Waals surface area contributed by atoms with Crippen molar-refractivity contribution in [1.82, 2.24) is 15.1 Å². The van der Waals surface area contributed by atoms with Gasteiger partial charge in [0.05, 0.1) is 22.6 Å². The van der Waals surface area contributed by atoms with Crippen LogP contribution in [-0.4, -0.2) is 37.7 Å². The number of nitrogens with zero attached hydrogens (tertiary/aromatic N) is 4. The maximum Gasteiger partial charge on any atom is 0.282 e. The van der Waals surface area contributed by atoms with E-state index in [1.165, 1.54) is 24.3 Å². The zero-order valence-corrected chi connectivity index (χ0v) is 15.4. The van der Waals surface area contributed by atoms with Crippen LogP contribution in [0.2, 0.25) is 0 Å². The third-order valence-electron chi connectivity index (χ3n) is 4.20. The first-order valence-corrected chi connectivity index (χ1v) is 9.09. The van der Waals surface area contributed by atoms with Crippen molar-refractivity contribution in [3.05, 3.63) is 80.3 Å². The topological polar surface area (TPSA) is 135 Å². The fourth-order valence-electron chi connectivity index (χ4n) is 2.88. The van der Waals surface area contributed by atoms with Crippen molar-refractivity contribution >= 4 is 39.9 Å². The van der Waals surface area contributed by atoms with Crippen molar-refractivity contribution in [2.75, 3.05) is 5.32 Å². The zero-order chi connectivity index (χ0) is 20.5. The number of aromatic nitrogens is 2. The Bertz CT molecular complexity index is 1140. The van der Waals surface area contributed by atoms with Crippen LogP contribution in [0.15, 0.2) is 48.5 Å². The van der Waals surface area contributed by atoms with Gasteiger partial charge in [0.2, 0.25) is 5.13 Å². The number of nitro benzene ring substituents is 1. The molecule has 1 aliphatic heterocycles. The molecule has 2 aromatic carbocycles. The molecule has 10 nitrogen and oxygen atoms in total. The van der Waals surface area contributed by atoms with E-state index in [9.17, 15) is 24.5 Å². The van der Waals surface area contributed by atoms with Crippen LogP contribution >= 0.6 is 11.3 Å². The van der Waals surface area contributed by atoms with Crippen LogP contribution in [0.3, 0.4) is 0 Å². The second-order valence-corrected chi connectivity index (χ2v) is 7.03. The Hall–Kier alpha value is -3.99. The van der Waals surface area contributed by atoms with Gasteiger partial charge in [-0.1, -0.05) is 35.6 Å². The Balaban J connectivity index is 1.49. The number of rotatable bonds is 5. The summed E-state index contributed by atoms with van der Waals surface area (Å²) >= 11 is 0.970. The van der Waals surface area contributed by atoms with Crippen LogP contribution in [0.5, 0.6) is 0 Å². The van der Waals surface area contributed by atoms with Crippen LogP contribution in [0.25, 0.3) is 0 Å². The second-order valence-electron chi connectivity index (χ2n) is 5.97. The van der Waals surface area contributed by atoms with Gasteiger partial charge in [0.15, 0.2) is 0 Å². The van der Waals surface area contributed by atoms with E-state index in [4.69, 9.17) is 0 Å². The Morgan fingerprint density at radius 2 is 1.66 bits per heavy atom. The minimum absolute atomic E-state index is 0.0919. The molecule has 3 aromatic rings. The first kappa shape index (κ1) is 18.4. The summed E-state index contributed by atoms with van der Waals surface area (Å²) in [5.41, 5.74) is 0.203. The van der Waals surface area contributed by atoms with Gasteiger partial charge >= 0.3 is 0 Å². The Labute approximate surface area is 166 Å². The average molecular weight is 409 g/mol. The summed E-state index contributed by atoms with van der Waals surface area (Å²) in [6.07, 6.45) is 0. The monoisotopic (exact) mass is 409 g/mol. The lowest BCUT2D eigenvalue weighted by atomic mass is 10.1. The van der Waals surface area contributed by atoms with Crippen molar-refractivity contribution < 1.29 is 19.3 Å². The van der Waals surface area contributed by atoms with E-state index in [2.05, 4.69) is 15.5 Å². The number of anilines is 1. The third-order valence-corrected chi connectivity index (χ3v) is 5.03. The lowest BCUT2D eigenvalue weighted by Crippen LogP contribution is -2.29. The molecule has 1 aromatic heterocycles. The maximum absolute atomic E-state index is 12.4. The molecule has 1 aliphatic rings. The molecular weight excluding hydrogens is 398 g/mol. The number of nitrogens with one attached hydrogen (secondary N) is 1. The number of imide groups is 1. The highest BCUT2D eigenvalue weighted by Crippen LogP contribution is 2.26. The summed E-state index contributed by atoms with van der Waals surface area (Å²) < 4.78 is 0. The first-order chi connectivity index (χ1) is 14.0. The van der Waals surface area contributed by atoms with Crippen molar-refractivity contribution in [2.45, 2.75) is 6.54 Å². The van der Waals surface area contributed by atoms with Gasteiger partial charge in [0, 0.05) is 6.07 Å². The predicted octanol–water partition coefficient (Wildman–Crippen LogP) is 2.49. The molecule has 0 bridgehead atoms. The number of benzene rings is 2. The standard InChI is InChI=1S/C18H11N5O5S/c24-15(12-7-3-4-8-13(12)23(27)28)19-18-21-20-14(29-18)9-22-16(25)10-5-1-2-6-11(10)17(22)26/h1-8H,9H2,(H,19,21,24). The average Bonchev–Trinajstić information content (AvgIpc) is 3.26. The molecule has 0 unspecified atom stereocenters. The summed E-state index contributed by atoms with van der Waals surface area (Å²) in [6.45, 7) is -0.0919. The molecule has 1 N–H and O–H groups in total. The maximum atomic E-state index is 12.4. The van der Waals surface area contributed by atoms with Gasteiger partial charge in [-0.25, -0.2) is 0 Å². The molecule has 29 heavy (non-hydrogen) atoms. The smallest absolute Gasteiger partial charge is 0.282 e. The van der Waals surface area contributed by atoms with Gasteiger partial charge in [0.1, 0.15) is 10.6 Å². The van der Waals surface area contributed by atoms with Crippen molar-refractivity contribution in [3.8, 4) is 0 Å². The second kappa shape index (κ2) is 7.20. The number of carbonyl (C=O) groups is 3. The largest absolute Gasteiger partial charge is 0.296 e. The summed E-state index contributed by atoms with van der Waals surface area (Å²) in [5, 5.41) is 21.6. The fraction of sp³-hybridized carbons (Fsp3) is 0.0556. The molecule has 3 amide bonds. The van der Waals surface area contributed by atoms with E-state index in [-0.39, 0.29) is 22.9 Å². The number of carbonyl (C=O) groups excluding carboxylic acids is 3. The zero-order valence-electron chi connectivity index (χ0n) is 14.6. The molecule has 0 aliphatic carbocycles. The summed E-state index contributed by atoms with van der Waals surface area (Å²) in [6, 6.07) is 12.0. The van der Waals surface area contributed by atoms with Crippen LogP contribution < -0.4 is 5.32 Å². The van der Waals surface area contributed by atoms with Crippen LogP contribution in [0.1, 0.15) is 36.1 Å². The summed E-state index contributed by atoms with van der Waals surface area (Å²) in [4.78, 5) is 48.6. The summed E-state index contributed by atoms with van der Waals surface area (Å²) in [7, 11) is 0. The Morgan fingerprint density at radius 3 is 2.31 bits per heavy atom. The molecule has 4 rings (SSSR count). The number of para-hydroxylation sites is 1. The molecule has 2 heterocycles. The molecule has 0 atom stereocenters. The van der Waals surface area contributed by atoms with Gasteiger partial charge in [-0.2, -0.15) is 0 Å². The minimum Gasteiger partial charge on any atom is -0.296 e. The van der Waals surface area contributed by atoms with Crippen LogP contribution in [0.4, 0.5) is 10.8 Å². The SMILES string of the molecule is O=C(Nc1nnc(CN2C(=O)c3ccccc3C2=O)s1)c1ccccc1[N+](=O)[O-].